The third-order valence-electron chi connectivity index (χ3n) is 3.42. The molecule has 0 amide bonds. The van der Waals surface area contributed by atoms with E-state index in [0.29, 0.717) is 24.8 Å². The molecule has 0 aromatic heterocycles. The molecular weight excluding hydrogens is 234 g/mol. The van der Waals surface area contributed by atoms with Gasteiger partial charge in [-0.25, -0.2) is 0 Å². The fourth-order valence-corrected chi connectivity index (χ4v) is 2.29. The molecule has 0 saturated heterocycles. The summed E-state index contributed by atoms with van der Waals surface area (Å²) in [5, 5.41) is 0. The van der Waals surface area contributed by atoms with Crippen LogP contribution in [0.15, 0.2) is 24.3 Å². The molecule has 0 aliphatic heterocycles. The normalized spacial score (nSPS) is 12.7. The maximum atomic E-state index is 12.2. The highest BCUT2D eigenvalue weighted by atomic mass is 16.1. The summed E-state index contributed by atoms with van der Waals surface area (Å²) in [5.41, 5.74) is 7.65. The van der Waals surface area contributed by atoms with Crippen molar-refractivity contribution in [1.29, 1.82) is 0 Å². The molecule has 1 unspecified atom stereocenters. The van der Waals surface area contributed by atoms with Crippen molar-refractivity contribution in [2.45, 2.75) is 46.5 Å². The van der Waals surface area contributed by atoms with E-state index in [4.69, 9.17) is 5.73 Å². The van der Waals surface area contributed by atoms with E-state index >= 15 is 0 Å². The Bertz CT molecular complexity index is 398. The molecular formula is C17H27NO. The molecule has 1 rings (SSSR count). The summed E-state index contributed by atoms with van der Waals surface area (Å²) in [7, 11) is 0. The third-order valence-corrected chi connectivity index (χ3v) is 3.42. The number of hydrogen-bond donors (Lipinski definition) is 1. The van der Waals surface area contributed by atoms with Crippen LogP contribution in [0.25, 0.3) is 0 Å². The topological polar surface area (TPSA) is 43.1 Å². The molecule has 19 heavy (non-hydrogen) atoms. The van der Waals surface area contributed by atoms with Crippen molar-refractivity contribution in [1.82, 2.24) is 0 Å². The Morgan fingerprint density at radius 1 is 1.21 bits per heavy atom. The standard InChI is InChI=1S/C17H27NO/c1-13(2)11-15-5-4-6-16(12-15)17(19)8-7-14(3)9-10-18/h4-6,12-14H,7-11,18H2,1-3H3. The maximum absolute atomic E-state index is 12.2. The van der Waals surface area contributed by atoms with Gasteiger partial charge in [0.15, 0.2) is 5.78 Å². The molecule has 0 bridgehead atoms. The fourth-order valence-electron chi connectivity index (χ4n) is 2.29. The van der Waals surface area contributed by atoms with Crippen LogP contribution in [0.5, 0.6) is 0 Å². The largest absolute Gasteiger partial charge is 0.330 e. The molecule has 106 valence electrons. The van der Waals surface area contributed by atoms with Crippen LogP contribution in [0.4, 0.5) is 0 Å². The van der Waals surface area contributed by atoms with E-state index in [1.54, 1.807) is 0 Å². The van der Waals surface area contributed by atoms with Crippen molar-refractivity contribution < 1.29 is 4.79 Å². The van der Waals surface area contributed by atoms with Gasteiger partial charge in [-0.1, -0.05) is 39.0 Å². The SMILES string of the molecule is CC(C)Cc1cccc(C(=O)CCC(C)CCN)c1. The Morgan fingerprint density at radius 2 is 1.95 bits per heavy atom. The van der Waals surface area contributed by atoms with Crippen molar-refractivity contribution in [2.75, 3.05) is 6.54 Å². The van der Waals surface area contributed by atoms with Crippen LogP contribution in [-0.4, -0.2) is 12.3 Å². The van der Waals surface area contributed by atoms with Crippen molar-refractivity contribution in [3.05, 3.63) is 35.4 Å². The van der Waals surface area contributed by atoms with Crippen LogP contribution in [-0.2, 0) is 6.42 Å². The number of nitrogens with two attached hydrogens (primary N) is 1. The lowest BCUT2D eigenvalue weighted by Gasteiger charge is -2.10. The summed E-state index contributed by atoms with van der Waals surface area (Å²) in [4.78, 5) is 12.2. The van der Waals surface area contributed by atoms with Gasteiger partial charge in [-0.05, 0) is 49.3 Å². The first-order valence-corrected chi connectivity index (χ1v) is 7.35. The van der Waals surface area contributed by atoms with E-state index in [9.17, 15) is 4.79 Å². The third kappa shape index (κ3) is 6.02. The van der Waals surface area contributed by atoms with E-state index in [-0.39, 0.29) is 5.78 Å². The first-order valence-electron chi connectivity index (χ1n) is 7.35. The zero-order valence-corrected chi connectivity index (χ0v) is 12.5. The first kappa shape index (κ1) is 15.9. The van der Waals surface area contributed by atoms with Gasteiger partial charge in [0.25, 0.3) is 0 Å². The maximum Gasteiger partial charge on any atom is 0.162 e. The van der Waals surface area contributed by atoms with Gasteiger partial charge in [-0.15, -0.1) is 0 Å². The van der Waals surface area contributed by atoms with Crippen LogP contribution in [0, 0.1) is 11.8 Å². The number of Topliss-reactive ketones (excluding diaryl/α,β-unsaturated/α-hetero) is 1. The molecule has 2 nitrogen and oxygen atoms in total. The molecule has 2 N–H and O–H groups in total. The predicted octanol–water partition coefficient (Wildman–Crippen LogP) is 3.83. The Morgan fingerprint density at radius 3 is 2.58 bits per heavy atom. The van der Waals surface area contributed by atoms with Gasteiger partial charge in [0.2, 0.25) is 0 Å². The monoisotopic (exact) mass is 261 g/mol. The second-order valence-corrected chi connectivity index (χ2v) is 5.94. The number of benzene rings is 1. The molecule has 1 aromatic carbocycles. The van der Waals surface area contributed by atoms with Gasteiger partial charge in [0.05, 0.1) is 0 Å². The summed E-state index contributed by atoms with van der Waals surface area (Å²) in [5.74, 6) is 1.41. The average Bonchev–Trinajstić information content (AvgIpc) is 2.36. The zero-order chi connectivity index (χ0) is 14.3. The van der Waals surface area contributed by atoms with Crippen LogP contribution in [0.2, 0.25) is 0 Å². The number of ketones is 1. The van der Waals surface area contributed by atoms with Gasteiger partial charge in [0, 0.05) is 12.0 Å². The highest BCUT2D eigenvalue weighted by Crippen LogP contribution is 2.15. The van der Waals surface area contributed by atoms with E-state index in [0.717, 1.165) is 24.8 Å². The molecule has 1 aromatic rings. The van der Waals surface area contributed by atoms with Crippen molar-refractivity contribution in [2.24, 2.45) is 17.6 Å². The summed E-state index contributed by atoms with van der Waals surface area (Å²) >= 11 is 0. The molecule has 1 atom stereocenters. The predicted molar refractivity (Wildman–Crippen MR) is 81.4 cm³/mol. The van der Waals surface area contributed by atoms with Crippen LogP contribution < -0.4 is 5.73 Å². The molecule has 0 aliphatic rings. The Hall–Kier alpha value is -1.15. The van der Waals surface area contributed by atoms with E-state index in [1.165, 1.54) is 5.56 Å². The lowest BCUT2D eigenvalue weighted by atomic mass is 9.95. The molecule has 0 spiro atoms. The van der Waals surface area contributed by atoms with E-state index < -0.39 is 0 Å². The van der Waals surface area contributed by atoms with Gasteiger partial charge in [-0.2, -0.15) is 0 Å². The Labute approximate surface area is 117 Å². The average molecular weight is 261 g/mol. The van der Waals surface area contributed by atoms with Gasteiger partial charge < -0.3 is 5.73 Å². The summed E-state index contributed by atoms with van der Waals surface area (Å²) in [6.07, 6.45) is 3.60. The van der Waals surface area contributed by atoms with Gasteiger partial charge in [0.1, 0.15) is 0 Å². The lowest BCUT2D eigenvalue weighted by molar-refractivity contribution is 0.0974. The Balaban J connectivity index is 2.56. The molecule has 0 fully saturated rings. The van der Waals surface area contributed by atoms with Crippen LogP contribution in [0.1, 0.15) is 56.0 Å². The van der Waals surface area contributed by atoms with E-state index in [1.807, 2.05) is 12.1 Å². The summed E-state index contributed by atoms with van der Waals surface area (Å²) < 4.78 is 0. The summed E-state index contributed by atoms with van der Waals surface area (Å²) in [6, 6.07) is 8.08. The number of rotatable bonds is 8. The number of carbonyl (C=O) groups excluding carboxylic acids is 1. The second-order valence-electron chi connectivity index (χ2n) is 5.94. The van der Waals surface area contributed by atoms with Crippen molar-refractivity contribution in [3.8, 4) is 0 Å². The molecule has 0 saturated carbocycles. The minimum absolute atomic E-state index is 0.259. The molecule has 0 aliphatic carbocycles. The quantitative estimate of drug-likeness (QED) is 0.723. The highest BCUT2D eigenvalue weighted by Gasteiger charge is 2.09. The van der Waals surface area contributed by atoms with Crippen molar-refractivity contribution >= 4 is 5.78 Å². The zero-order valence-electron chi connectivity index (χ0n) is 12.5. The van der Waals surface area contributed by atoms with Gasteiger partial charge >= 0.3 is 0 Å². The van der Waals surface area contributed by atoms with E-state index in [2.05, 4.69) is 32.9 Å². The minimum Gasteiger partial charge on any atom is -0.330 e. The minimum atomic E-state index is 0.259. The Kier molecular flexibility index (Phi) is 6.79. The number of carbonyl (C=O) groups is 1. The second kappa shape index (κ2) is 8.11. The van der Waals surface area contributed by atoms with Crippen LogP contribution >= 0.6 is 0 Å². The lowest BCUT2D eigenvalue weighted by Crippen LogP contribution is -2.08. The highest BCUT2D eigenvalue weighted by molar-refractivity contribution is 5.96. The summed E-state index contributed by atoms with van der Waals surface area (Å²) in [6.45, 7) is 7.26. The number of hydrogen-bond acceptors (Lipinski definition) is 2. The van der Waals surface area contributed by atoms with Crippen molar-refractivity contribution in [3.63, 3.8) is 0 Å². The molecule has 2 heteroatoms. The first-order chi connectivity index (χ1) is 9.02. The van der Waals surface area contributed by atoms with Crippen LogP contribution in [0.3, 0.4) is 0 Å². The molecule has 0 heterocycles. The fraction of sp³-hybridized carbons (Fsp3) is 0.588. The molecule has 0 radical (unpaired) electrons. The smallest absolute Gasteiger partial charge is 0.162 e. The van der Waals surface area contributed by atoms with Gasteiger partial charge in [-0.3, -0.25) is 4.79 Å².